The van der Waals surface area contributed by atoms with Gasteiger partial charge in [-0.25, -0.2) is 26.5 Å². The number of carbonyl (C=O) groups is 1. The minimum absolute atomic E-state index is 0.0157. The number of sulfonamides is 2. The number of aromatic nitrogens is 1. The van der Waals surface area contributed by atoms with E-state index in [1.165, 1.54) is 35.6 Å². The second kappa shape index (κ2) is 11.5. The van der Waals surface area contributed by atoms with Crippen molar-refractivity contribution in [3.05, 3.63) is 41.2 Å². The topological polar surface area (TPSA) is 156 Å². The number of amides is 1. The van der Waals surface area contributed by atoms with Crippen molar-refractivity contribution in [2.45, 2.75) is 35.5 Å². The lowest BCUT2D eigenvalue weighted by Crippen LogP contribution is -2.44. The highest BCUT2D eigenvalue weighted by Gasteiger charge is 2.34. The Labute approximate surface area is 218 Å². The zero-order chi connectivity index (χ0) is 26.6. The van der Waals surface area contributed by atoms with Gasteiger partial charge in [-0.2, -0.15) is 8.70 Å². The first-order valence-corrected chi connectivity index (χ1v) is 15.2. The van der Waals surface area contributed by atoms with Crippen molar-refractivity contribution in [2.24, 2.45) is 5.16 Å². The molecule has 0 unspecified atom stereocenters. The Morgan fingerprint density at radius 1 is 1.19 bits per heavy atom. The van der Waals surface area contributed by atoms with Crippen LogP contribution in [0.3, 0.4) is 0 Å². The highest BCUT2D eigenvalue weighted by Crippen LogP contribution is 2.24. The molecule has 1 aromatic carbocycles. The first-order valence-electron chi connectivity index (χ1n) is 11.4. The average molecular weight is 576 g/mol. The Balaban J connectivity index is 1.51. The number of benzene rings is 1. The number of piperidine rings is 1. The number of carbonyl (C=O) groups excluding carboxylic acids is 1. The summed E-state index contributed by atoms with van der Waals surface area (Å²) in [6.07, 6.45) is 1.59. The highest BCUT2D eigenvalue weighted by molar-refractivity contribution is 7.90. The fourth-order valence-corrected chi connectivity index (χ4v) is 7.07. The molecule has 16 heteroatoms. The molecule has 4 rings (SSSR count). The summed E-state index contributed by atoms with van der Waals surface area (Å²) in [7, 11) is -6.04. The van der Waals surface area contributed by atoms with Gasteiger partial charge in [0.2, 0.25) is 20.0 Å². The maximum absolute atomic E-state index is 13.3. The number of anilines is 1. The lowest BCUT2D eigenvalue weighted by atomic mass is 10.1. The largest absolute Gasteiger partial charge is 0.389 e. The summed E-state index contributed by atoms with van der Waals surface area (Å²) in [6.45, 7) is 0.948. The lowest BCUT2D eigenvalue weighted by molar-refractivity contribution is -0.110. The molecule has 37 heavy (non-hydrogen) atoms. The van der Waals surface area contributed by atoms with Crippen molar-refractivity contribution in [3.63, 3.8) is 0 Å². The number of hydrogen-bond donors (Lipinski definition) is 2. The standard InChI is InChI=1S/C21H26FN5O7S3/c1-23-36(29,30)16-6-9-27(10-7-16)37(31,32)17-4-2-14(3-5-17)19(26-34-15-8-11-33-13-15)20(28)25-21-24-12-18(22)35-21/h2-5,12,15-16,23H,6-11,13H2,1H3,(H,24,25,28)/b26-19+/t15-/m1/s1. The second-order valence-corrected chi connectivity index (χ2v) is 13.4. The van der Waals surface area contributed by atoms with Crippen LogP contribution < -0.4 is 10.0 Å². The number of ether oxygens (including phenoxy) is 1. The number of nitrogens with one attached hydrogen (secondary N) is 2. The van der Waals surface area contributed by atoms with Crippen LogP contribution in [-0.4, -0.2) is 82.4 Å². The van der Waals surface area contributed by atoms with Gasteiger partial charge >= 0.3 is 0 Å². The van der Waals surface area contributed by atoms with Gasteiger partial charge in [-0.15, -0.1) is 0 Å². The Bertz CT molecular complexity index is 1350. The van der Waals surface area contributed by atoms with E-state index in [2.05, 4.69) is 20.2 Å². The summed E-state index contributed by atoms with van der Waals surface area (Å²) in [5, 5.41) is 5.25. The number of halogens is 1. The molecule has 0 radical (unpaired) electrons. The van der Waals surface area contributed by atoms with E-state index in [1.807, 2.05) is 0 Å². The van der Waals surface area contributed by atoms with E-state index in [1.54, 1.807) is 0 Å². The van der Waals surface area contributed by atoms with Crippen LogP contribution in [0.5, 0.6) is 0 Å². The van der Waals surface area contributed by atoms with Crippen LogP contribution in [0.4, 0.5) is 9.52 Å². The second-order valence-electron chi connectivity index (χ2n) is 8.33. The molecule has 3 heterocycles. The van der Waals surface area contributed by atoms with Crippen LogP contribution in [-0.2, 0) is 34.4 Å². The Morgan fingerprint density at radius 2 is 1.89 bits per heavy atom. The third-order valence-corrected chi connectivity index (χ3v) is 10.5. The first kappa shape index (κ1) is 27.5. The van der Waals surface area contributed by atoms with Crippen LogP contribution >= 0.6 is 11.3 Å². The highest BCUT2D eigenvalue weighted by atomic mass is 32.2. The van der Waals surface area contributed by atoms with Gasteiger partial charge in [0.15, 0.2) is 22.1 Å². The maximum atomic E-state index is 13.3. The van der Waals surface area contributed by atoms with Crippen LogP contribution in [0.15, 0.2) is 40.5 Å². The summed E-state index contributed by atoms with van der Waals surface area (Å²) in [4.78, 5) is 22.1. The van der Waals surface area contributed by atoms with Gasteiger partial charge in [0.05, 0.1) is 29.6 Å². The summed E-state index contributed by atoms with van der Waals surface area (Å²) in [5.74, 6) is -0.711. The molecule has 1 amide bonds. The Morgan fingerprint density at radius 3 is 2.46 bits per heavy atom. The van der Waals surface area contributed by atoms with Gasteiger partial charge in [-0.3, -0.25) is 10.1 Å². The number of nitrogens with zero attached hydrogens (tertiary/aromatic N) is 3. The molecule has 202 valence electrons. The Kier molecular flexibility index (Phi) is 8.55. The van der Waals surface area contributed by atoms with Crippen LogP contribution in [0.1, 0.15) is 24.8 Å². The number of oxime groups is 1. The monoisotopic (exact) mass is 575 g/mol. The molecule has 1 aromatic heterocycles. The number of rotatable bonds is 9. The molecular formula is C21H26FN5O7S3. The van der Waals surface area contributed by atoms with Crippen LogP contribution in [0, 0.1) is 5.13 Å². The predicted molar refractivity (Wildman–Crippen MR) is 134 cm³/mol. The van der Waals surface area contributed by atoms with E-state index in [-0.39, 0.29) is 53.3 Å². The summed E-state index contributed by atoms with van der Waals surface area (Å²) < 4.78 is 72.4. The van der Waals surface area contributed by atoms with Crippen molar-refractivity contribution < 1.29 is 35.6 Å². The summed E-state index contributed by atoms with van der Waals surface area (Å²) in [5.41, 5.74) is 0.121. The SMILES string of the molecule is CNS(=O)(=O)C1CCN(S(=O)(=O)c2ccc(/C(=N\O[C@@H]3CCOC3)C(=O)Nc3ncc(F)s3)cc2)CC1. The van der Waals surface area contributed by atoms with Gasteiger partial charge in [0.25, 0.3) is 5.91 Å². The molecule has 0 saturated carbocycles. The fourth-order valence-electron chi connectivity index (χ4n) is 3.90. The van der Waals surface area contributed by atoms with Gasteiger partial charge in [-0.05, 0) is 32.0 Å². The van der Waals surface area contributed by atoms with E-state index < -0.39 is 36.3 Å². The van der Waals surface area contributed by atoms with Crippen molar-refractivity contribution in [3.8, 4) is 0 Å². The van der Waals surface area contributed by atoms with E-state index in [9.17, 15) is 26.0 Å². The molecule has 2 saturated heterocycles. The van der Waals surface area contributed by atoms with Crippen LogP contribution in [0.2, 0.25) is 0 Å². The molecule has 2 aliphatic heterocycles. The smallest absolute Gasteiger partial charge is 0.280 e. The molecule has 1 atom stereocenters. The molecule has 2 aliphatic rings. The molecule has 0 bridgehead atoms. The minimum atomic E-state index is -3.89. The molecule has 2 fully saturated rings. The number of thiazole rings is 1. The average Bonchev–Trinajstić information content (AvgIpc) is 3.56. The molecule has 2 aromatic rings. The van der Waals surface area contributed by atoms with E-state index >= 15 is 0 Å². The van der Waals surface area contributed by atoms with Crippen molar-refractivity contribution >= 4 is 48.1 Å². The molecule has 0 spiro atoms. The minimum Gasteiger partial charge on any atom is -0.389 e. The third-order valence-electron chi connectivity index (χ3n) is 5.98. The van der Waals surface area contributed by atoms with Crippen LogP contribution in [0.25, 0.3) is 0 Å². The lowest BCUT2D eigenvalue weighted by Gasteiger charge is -2.30. The normalized spacial score (nSPS) is 20.2. The van der Waals surface area contributed by atoms with Crippen molar-refractivity contribution in [1.29, 1.82) is 0 Å². The zero-order valence-electron chi connectivity index (χ0n) is 19.8. The first-order chi connectivity index (χ1) is 17.6. The van der Waals surface area contributed by atoms with Gasteiger partial charge in [-0.1, -0.05) is 28.6 Å². The van der Waals surface area contributed by atoms with Crippen molar-refractivity contribution in [1.82, 2.24) is 14.0 Å². The molecule has 0 aliphatic carbocycles. The third kappa shape index (κ3) is 6.50. The predicted octanol–water partition coefficient (Wildman–Crippen LogP) is 1.13. The zero-order valence-corrected chi connectivity index (χ0v) is 22.2. The molecule has 12 nitrogen and oxygen atoms in total. The van der Waals surface area contributed by atoms with E-state index in [0.717, 1.165) is 6.20 Å². The van der Waals surface area contributed by atoms with Gasteiger partial charge in [0.1, 0.15) is 0 Å². The van der Waals surface area contributed by atoms with Gasteiger partial charge < -0.3 is 9.57 Å². The summed E-state index contributed by atoms with van der Waals surface area (Å²) in [6, 6.07) is 5.51. The van der Waals surface area contributed by atoms with Crippen molar-refractivity contribution in [2.75, 3.05) is 38.7 Å². The summed E-state index contributed by atoms with van der Waals surface area (Å²) >= 11 is 0.645. The quantitative estimate of drug-likeness (QED) is 0.333. The molecular weight excluding hydrogens is 549 g/mol. The Hall–Kier alpha value is -2.50. The fraction of sp³-hybridized carbons (Fsp3) is 0.476. The maximum Gasteiger partial charge on any atom is 0.280 e. The van der Waals surface area contributed by atoms with E-state index in [4.69, 9.17) is 9.57 Å². The van der Waals surface area contributed by atoms with Gasteiger partial charge in [0, 0.05) is 25.1 Å². The molecule has 2 N–H and O–H groups in total. The number of hydrogen-bond acceptors (Lipinski definition) is 10. The van der Waals surface area contributed by atoms with E-state index in [0.29, 0.717) is 31.0 Å².